The SMILES string of the molecule is Cc1ccc(/C=N/c2nc3c(s2)CC2C4CC=C5CC(O)CCC5(C)C4CCC32C)o1. The number of aryl methyl sites for hydroxylation is 1. The van der Waals surface area contributed by atoms with Crippen LogP contribution in [0.25, 0.3) is 0 Å². The minimum absolute atomic E-state index is 0.128. The summed E-state index contributed by atoms with van der Waals surface area (Å²) in [4.78, 5) is 11.1. The number of allylic oxidation sites excluding steroid dienone is 1. The number of hydrogen-bond acceptors (Lipinski definition) is 5. The van der Waals surface area contributed by atoms with Gasteiger partial charge in [0.2, 0.25) is 5.13 Å². The van der Waals surface area contributed by atoms with E-state index in [-0.39, 0.29) is 11.5 Å². The molecule has 4 nitrogen and oxygen atoms in total. The predicted octanol–water partition coefficient (Wildman–Crippen LogP) is 6.13. The lowest BCUT2D eigenvalue weighted by atomic mass is 9.48. The molecule has 2 heterocycles. The van der Waals surface area contributed by atoms with Gasteiger partial charge in [-0.2, -0.15) is 0 Å². The summed E-state index contributed by atoms with van der Waals surface area (Å²) in [5.41, 5.74) is 3.34. The fraction of sp³-hybridized carbons (Fsp3) is 0.615. The molecule has 0 aliphatic heterocycles. The average molecular weight is 437 g/mol. The Morgan fingerprint density at radius 3 is 2.81 bits per heavy atom. The molecule has 4 aliphatic carbocycles. The van der Waals surface area contributed by atoms with Crippen LogP contribution in [-0.4, -0.2) is 22.4 Å². The molecule has 5 heteroatoms. The Hall–Kier alpha value is -1.72. The molecule has 0 aromatic carbocycles. The van der Waals surface area contributed by atoms with Crippen molar-refractivity contribution >= 4 is 22.7 Å². The summed E-state index contributed by atoms with van der Waals surface area (Å²) >= 11 is 1.77. The summed E-state index contributed by atoms with van der Waals surface area (Å²) in [6.07, 6.45) is 12.0. The van der Waals surface area contributed by atoms with Gasteiger partial charge in [-0.25, -0.2) is 9.98 Å². The van der Waals surface area contributed by atoms with Crippen molar-refractivity contribution < 1.29 is 9.52 Å². The van der Waals surface area contributed by atoms with Gasteiger partial charge in [-0.05, 0) is 87.2 Å². The third-order valence-corrected chi connectivity index (χ3v) is 10.1. The van der Waals surface area contributed by atoms with E-state index in [1.165, 1.54) is 29.8 Å². The lowest BCUT2D eigenvalue weighted by Gasteiger charge is -2.57. The normalized spacial score (nSPS) is 39.0. The number of aliphatic hydroxyl groups excluding tert-OH is 1. The number of aromatic nitrogens is 1. The van der Waals surface area contributed by atoms with Gasteiger partial charge in [0.25, 0.3) is 0 Å². The van der Waals surface area contributed by atoms with Crippen LogP contribution >= 0.6 is 11.3 Å². The number of aliphatic hydroxyl groups is 1. The van der Waals surface area contributed by atoms with E-state index in [0.29, 0.717) is 11.3 Å². The average Bonchev–Trinajstić information content (AvgIpc) is 3.41. The van der Waals surface area contributed by atoms with Gasteiger partial charge in [0.1, 0.15) is 11.5 Å². The van der Waals surface area contributed by atoms with Crippen molar-refractivity contribution in [2.75, 3.05) is 0 Å². The molecule has 2 saturated carbocycles. The van der Waals surface area contributed by atoms with E-state index in [1.54, 1.807) is 23.1 Å². The van der Waals surface area contributed by atoms with Gasteiger partial charge >= 0.3 is 0 Å². The largest absolute Gasteiger partial charge is 0.460 e. The Labute approximate surface area is 188 Å². The lowest BCUT2D eigenvalue weighted by molar-refractivity contribution is -0.0169. The summed E-state index contributed by atoms with van der Waals surface area (Å²) in [5, 5.41) is 11.1. The molecule has 6 atom stereocenters. The quantitative estimate of drug-likeness (QED) is 0.455. The van der Waals surface area contributed by atoms with Gasteiger partial charge in [0.15, 0.2) is 0 Å². The second-order valence-corrected chi connectivity index (χ2v) is 11.9. The first-order chi connectivity index (χ1) is 14.9. The van der Waals surface area contributed by atoms with Crippen LogP contribution in [0.2, 0.25) is 0 Å². The van der Waals surface area contributed by atoms with E-state index < -0.39 is 0 Å². The fourth-order valence-corrected chi connectivity index (χ4v) is 8.55. The van der Waals surface area contributed by atoms with Gasteiger partial charge in [-0.3, -0.25) is 0 Å². The van der Waals surface area contributed by atoms with Gasteiger partial charge in [-0.15, -0.1) is 0 Å². The minimum Gasteiger partial charge on any atom is -0.460 e. The molecule has 0 radical (unpaired) electrons. The second kappa shape index (κ2) is 6.89. The lowest BCUT2D eigenvalue weighted by Crippen LogP contribution is -2.51. The molecule has 6 rings (SSSR count). The molecule has 31 heavy (non-hydrogen) atoms. The van der Waals surface area contributed by atoms with Crippen molar-refractivity contribution in [1.29, 1.82) is 0 Å². The van der Waals surface area contributed by atoms with Gasteiger partial charge < -0.3 is 9.52 Å². The highest BCUT2D eigenvalue weighted by Gasteiger charge is 2.58. The van der Waals surface area contributed by atoms with Gasteiger partial charge in [-0.1, -0.05) is 36.8 Å². The highest BCUT2D eigenvalue weighted by molar-refractivity contribution is 7.15. The summed E-state index contributed by atoms with van der Waals surface area (Å²) in [6, 6.07) is 3.92. The maximum atomic E-state index is 10.2. The molecule has 0 spiro atoms. The zero-order valence-electron chi connectivity index (χ0n) is 18.7. The van der Waals surface area contributed by atoms with Crippen molar-refractivity contribution in [3.8, 4) is 0 Å². The van der Waals surface area contributed by atoms with Crippen molar-refractivity contribution in [2.45, 2.75) is 77.2 Å². The molecule has 4 aliphatic rings. The second-order valence-electron chi connectivity index (χ2n) is 10.8. The molecule has 2 aromatic rings. The first kappa shape index (κ1) is 19.9. The maximum absolute atomic E-state index is 10.2. The first-order valence-electron chi connectivity index (χ1n) is 11.8. The van der Waals surface area contributed by atoms with Crippen LogP contribution < -0.4 is 0 Å². The van der Waals surface area contributed by atoms with Gasteiger partial charge in [0.05, 0.1) is 18.0 Å². The Kier molecular flexibility index (Phi) is 4.43. The van der Waals surface area contributed by atoms with E-state index in [0.717, 1.165) is 54.2 Å². The predicted molar refractivity (Wildman–Crippen MR) is 124 cm³/mol. The van der Waals surface area contributed by atoms with Crippen molar-refractivity contribution in [3.05, 3.63) is 45.9 Å². The Morgan fingerprint density at radius 2 is 2.00 bits per heavy atom. The molecule has 0 amide bonds. The number of nitrogens with zero attached hydrogens (tertiary/aromatic N) is 2. The maximum Gasteiger partial charge on any atom is 0.209 e. The van der Waals surface area contributed by atoms with Crippen LogP contribution in [0.5, 0.6) is 0 Å². The third-order valence-electron chi connectivity index (χ3n) is 9.16. The van der Waals surface area contributed by atoms with Crippen molar-refractivity contribution in [1.82, 2.24) is 4.98 Å². The van der Waals surface area contributed by atoms with E-state index in [2.05, 4.69) is 24.9 Å². The van der Waals surface area contributed by atoms with E-state index >= 15 is 0 Å². The monoisotopic (exact) mass is 436 g/mol. The molecule has 6 unspecified atom stereocenters. The highest BCUT2D eigenvalue weighted by atomic mass is 32.1. The fourth-order valence-electron chi connectivity index (χ4n) is 7.45. The number of fused-ring (bicyclic) bond motifs is 7. The topological polar surface area (TPSA) is 58.6 Å². The van der Waals surface area contributed by atoms with Gasteiger partial charge in [0, 0.05) is 10.3 Å². The zero-order valence-corrected chi connectivity index (χ0v) is 19.5. The molecule has 1 N–H and O–H groups in total. The van der Waals surface area contributed by atoms with E-state index in [1.807, 2.05) is 19.1 Å². The Morgan fingerprint density at radius 1 is 1.16 bits per heavy atom. The number of hydrogen-bond donors (Lipinski definition) is 1. The smallest absolute Gasteiger partial charge is 0.209 e. The van der Waals surface area contributed by atoms with Crippen LogP contribution in [0.3, 0.4) is 0 Å². The standard InChI is InChI=1S/C26H32N2O2S/c1-15-4-6-18(30-15)14-27-24-28-23-22(31-24)13-21-19-7-5-16-12-17(29)8-10-25(16,2)20(19)9-11-26(21,23)3/h4-6,14,17,19-21,29H,7-13H2,1-3H3/b27-14+. The van der Waals surface area contributed by atoms with E-state index in [4.69, 9.17) is 9.40 Å². The number of furan rings is 1. The van der Waals surface area contributed by atoms with Crippen LogP contribution in [-0.2, 0) is 11.8 Å². The third kappa shape index (κ3) is 2.96. The molecular formula is C26H32N2O2S. The van der Waals surface area contributed by atoms with Crippen LogP contribution in [0.15, 0.2) is 33.2 Å². The zero-order chi connectivity index (χ0) is 21.4. The Bertz CT molecular complexity index is 1080. The van der Waals surface area contributed by atoms with Crippen LogP contribution in [0.4, 0.5) is 5.13 Å². The first-order valence-corrected chi connectivity index (χ1v) is 12.7. The van der Waals surface area contributed by atoms with Crippen LogP contribution in [0.1, 0.15) is 74.5 Å². The minimum atomic E-state index is -0.128. The number of thiazole rings is 1. The number of aliphatic imine (C=N–C) groups is 1. The molecule has 0 bridgehead atoms. The Balaban J connectivity index is 1.27. The molecule has 0 saturated heterocycles. The summed E-state index contributed by atoms with van der Waals surface area (Å²) in [5.74, 6) is 3.87. The molecule has 164 valence electrons. The van der Waals surface area contributed by atoms with Crippen molar-refractivity contribution in [2.24, 2.45) is 28.2 Å². The summed E-state index contributed by atoms with van der Waals surface area (Å²) in [7, 11) is 0. The summed E-state index contributed by atoms with van der Waals surface area (Å²) in [6.45, 7) is 6.91. The van der Waals surface area contributed by atoms with Crippen LogP contribution in [0, 0.1) is 30.1 Å². The molecular weight excluding hydrogens is 404 g/mol. The molecule has 2 fully saturated rings. The highest BCUT2D eigenvalue weighted by Crippen LogP contribution is 2.64. The summed E-state index contributed by atoms with van der Waals surface area (Å²) < 4.78 is 5.61. The van der Waals surface area contributed by atoms with E-state index in [9.17, 15) is 5.11 Å². The van der Waals surface area contributed by atoms with Crippen molar-refractivity contribution in [3.63, 3.8) is 0 Å². The number of rotatable bonds is 2. The molecule has 2 aromatic heterocycles.